The van der Waals surface area contributed by atoms with Crippen molar-refractivity contribution in [3.63, 3.8) is 0 Å². The predicted molar refractivity (Wildman–Crippen MR) is 207 cm³/mol. The first kappa shape index (κ1) is 28.4. The molecule has 4 aromatic carbocycles. The van der Waals surface area contributed by atoms with Gasteiger partial charge >= 0.3 is 0 Å². The lowest BCUT2D eigenvalue weighted by Crippen LogP contribution is -2.10. The van der Waals surface area contributed by atoms with E-state index in [1.165, 1.54) is 0 Å². The topological polar surface area (TPSA) is 84.6 Å². The molecule has 0 bridgehead atoms. The van der Waals surface area contributed by atoms with Gasteiger partial charge < -0.3 is 13.3 Å². The minimum atomic E-state index is 0.407. The van der Waals surface area contributed by atoms with E-state index >= 15 is 0 Å². The Labute approximate surface area is 297 Å². The zero-order valence-corrected chi connectivity index (χ0v) is 28.2. The maximum absolute atomic E-state index is 6.39. The number of hydrogen-bond acceptors (Lipinski definition) is 10. The van der Waals surface area contributed by atoms with E-state index in [0.29, 0.717) is 28.6 Å². The normalized spacial score (nSPS) is 11.9. The molecule has 8 nitrogen and oxygen atoms in total. The molecule has 0 aliphatic rings. The van der Waals surface area contributed by atoms with Gasteiger partial charge in [-0.25, -0.2) is 4.98 Å². The van der Waals surface area contributed by atoms with Crippen LogP contribution in [0.4, 0.5) is 33.0 Å². The molecule has 0 atom stereocenters. The number of pyridine rings is 1. The van der Waals surface area contributed by atoms with Crippen LogP contribution in [0, 0.1) is 0 Å². The lowest BCUT2D eigenvalue weighted by molar-refractivity contribution is 0.639. The first-order valence-electron chi connectivity index (χ1n) is 16.3. The van der Waals surface area contributed by atoms with Gasteiger partial charge in [-0.3, -0.25) is 9.80 Å². The molecule has 51 heavy (non-hydrogen) atoms. The highest BCUT2D eigenvalue weighted by Gasteiger charge is 2.22. The molecule has 11 rings (SSSR count). The summed E-state index contributed by atoms with van der Waals surface area (Å²) in [5.41, 5.74) is 6.69. The van der Waals surface area contributed by atoms with Crippen LogP contribution in [-0.2, 0) is 0 Å². The van der Waals surface area contributed by atoms with E-state index in [0.717, 1.165) is 70.6 Å². The van der Waals surface area contributed by atoms with Crippen molar-refractivity contribution in [2.45, 2.75) is 0 Å². The van der Waals surface area contributed by atoms with Crippen molar-refractivity contribution in [2.75, 3.05) is 9.80 Å². The van der Waals surface area contributed by atoms with E-state index in [1.807, 2.05) is 66.0 Å². The molecule has 7 aromatic heterocycles. The van der Waals surface area contributed by atoms with Crippen LogP contribution in [0.25, 0.3) is 66.2 Å². The Morgan fingerprint density at radius 1 is 0.451 bits per heavy atom. The van der Waals surface area contributed by atoms with Crippen molar-refractivity contribution in [1.29, 1.82) is 0 Å². The molecule has 0 aliphatic carbocycles. The molecule has 0 radical (unpaired) electrons. The lowest BCUT2D eigenvalue weighted by atomic mass is 10.1. The van der Waals surface area contributed by atoms with Gasteiger partial charge in [-0.2, -0.15) is 9.97 Å². The van der Waals surface area contributed by atoms with Gasteiger partial charge in [-0.15, -0.1) is 22.7 Å². The fourth-order valence-corrected chi connectivity index (χ4v) is 8.39. The zero-order chi connectivity index (χ0) is 33.5. The van der Waals surface area contributed by atoms with Gasteiger partial charge in [0.05, 0.1) is 23.0 Å². The average Bonchev–Trinajstić information content (AvgIpc) is 4.01. The fourth-order valence-electron chi connectivity index (χ4n) is 6.88. The second-order valence-electron chi connectivity index (χ2n) is 12.1. The van der Waals surface area contributed by atoms with Crippen molar-refractivity contribution in [3.05, 3.63) is 138 Å². The molecule has 0 unspecified atom stereocenters. The number of rotatable bonds is 6. The molecule has 7 heterocycles. The van der Waals surface area contributed by atoms with Gasteiger partial charge in [0.25, 0.3) is 0 Å². The quantitative estimate of drug-likeness (QED) is 0.170. The van der Waals surface area contributed by atoms with Crippen molar-refractivity contribution in [1.82, 2.24) is 15.0 Å². The van der Waals surface area contributed by atoms with Crippen LogP contribution < -0.4 is 9.80 Å². The molecule has 11 aromatic rings. The minimum absolute atomic E-state index is 0.407. The van der Waals surface area contributed by atoms with Crippen LogP contribution in [0.5, 0.6) is 0 Å². The van der Waals surface area contributed by atoms with Crippen LogP contribution >= 0.6 is 22.7 Å². The number of para-hydroxylation sites is 2. The summed E-state index contributed by atoms with van der Waals surface area (Å²) in [6.45, 7) is 0. The highest BCUT2D eigenvalue weighted by Crippen LogP contribution is 2.42. The molecule has 0 saturated carbocycles. The Balaban J connectivity index is 1.02. The van der Waals surface area contributed by atoms with Crippen LogP contribution in [0.15, 0.2) is 152 Å². The largest absolute Gasteiger partial charge is 0.456 e. The first-order chi connectivity index (χ1) is 25.2. The second-order valence-corrected chi connectivity index (χ2v) is 14.0. The summed E-state index contributed by atoms with van der Waals surface area (Å²) in [6, 6.07) is 40.9. The highest BCUT2D eigenvalue weighted by atomic mass is 32.1. The number of nitrogens with zero attached hydrogens (tertiary/aromatic N) is 5. The molecular formula is C41H23N5O3S2. The SMILES string of the molecule is c1csc(N(c2ccc3c(c2)oc2ccccc23)c2ccc3c(n2)oc2nc(N(c4ccc5c(c4)oc4ccccc45)c4cccs4)cnc23)c1. The summed E-state index contributed by atoms with van der Waals surface area (Å²) in [5.74, 6) is 1.33. The van der Waals surface area contributed by atoms with E-state index in [4.69, 9.17) is 28.2 Å². The van der Waals surface area contributed by atoms with Gasteiger partial charge in [0.1, 0.15) is 43.7 Å². The third kappa shape index (κ3) is 4.47. The number of fused-ring (bicyclic) bond motifs is 9. The Morgan fingerprint density at radius 3 is 1.61 bits per heavy atom. The predicted octanol–water partition coefficient (Wildman–Crippen LogP) is 12.6. The Kier molecular flexibility index (Phi) is 6.12. The van der Waals surface area contributed by atoms with E-state index in [2.05, 4.69) is 75.8 Å². The number of aromatic nitrogens is 3. The highest BCUT2D eigenvalue weighted by molar-refractivity contribution is 7.14. The standard InChI is InChI=1S/C41H23N5O3S2/c1-3-9-31-26(7-1)28-15-13-24(21-33(28)47-31)45(37-11-5-19-50-37)35-18-17-30-39-41(49-40(30)43-35)44-36(23-42-39)46(38-12-6-20-51-38)25-14-16-29-27-8-2-4-10-32(27)48-34(29)22-25/h1-23H. The van der Waals surface area contributed by atoms with Crippen molar-refractivity contribution >= 4 is 122 Å². The number of furan rings is 3. The molecule has 242 valence electrons. The Morgan fingerprint density at radius 2 is 1.00 bits per heavy atom. The van der Waals surface area contributed by atoms with Crippen LogP contribution in [-0.4, -0.2) is 15.0 Å². The summed E-state index contributed by atoms with van der Waals surface area (Å²) >= 11 is 3.25. The maximum atomic E-state index is 6.39. The molecule has 0 fully saturated rings. The second kappa shape index (κ2) is 11.0. The summed E-state index contributed by atoms with van der Waals surface area (Å²) in [6.07, 6.45) is 1.79. The van der Waals surface area contributed by atoms with Gasteiger partial charge in [0.2, 0.25) is 11.4 Å². The molecular weight excluding hydrogens is 675 g/mol. The smallest absolute Gasteiger partial charge is 0.250 e. The molecule has 0 amide bonds. The van der Waals surface area contributed by atoms with Crippen molar-refractivity contribution in [2.24, 2.45) is 0 Å². The van der Waals surface area contributed by atoms with Gasteiger partial charge in [-0.05, 0) is 83.6 Å². The zero-order valence-electron chi connectivity index (χ0n) is 26.6. The molecule has 0 N–H and O–H groups in total. The Bertz CT molecular complexity index is 2860. The van der Waals surface area contributed by atoms with Crippen molar-refractivity contribution in [3.8, 4) is 0 Å². The summed E-state index contributed by atoms with van der Waals surface area (Å²) in [7, 11) is 0. The number of anilines is 6. The van der Waals surface area contributed by atoms with Crippen LogP contribution in [0.1, 0.15) is 0 Å². The third-order valence-electron chi connectivity index (χ3n) is 9.17. The van der Waals surface area contributed by atoms with E-state index in [9.17, 15) is 0 Å². The number of benzene rings is 4. The molecule has 0 saturated heterocycles. The van der Waals surface area contributed by atoms with Gasteiger partial charge in [0, 0.05) is 33.7 Å². The number of hydrogen-bond donors (Lipinski definition) is 0. The fraction of sp³-hybridized carbons (Fsp3) is 0. The Hall–Kier alpha value is -6.49. The van der Waals surface area contributed by atoms with Gasteiger partial charge in [0.15, 0.2) is 5.82 Å². The lowest BCUT2D eigenvalue weighted by Gasteiger charge is -2.22. The first-order valence-corrected chi connectivity index (χ1v) is 18.1. The summed E-state index contributed by atoms with van der Waals surface area (Å²) in [4.78, 5) is 19.1. The summed E-state index contributed by atoms with van der Waals surface area (Å²) in [5, 5.41) is 11.2. The maximum Gasteiger partial charge on any atom is 0.250 e. The molecule has 0 spiro atoms. The minimum Gasteiger partial charge on any atom is -0.456 e. The van der Waals surface area contributed by atoms with Gasteiger partial charge in [-0.1, -0.05) is 36.4 Å². The van der Waals surface area contributed by atoms with Crippen molar-refractivity contribution < 1.29 is 13.3 Å². The third-order valence-corrected chi connectivity index (χ3v) is 10.9. The molecule has 0 aliphatic heterocycles. The molecule has 10 heteroatoms. The average molecular weight is 698 g/mol. The van der Waals surface area contributed by atoms with Crippen LogP contribution in [0.3, 0.4) is 0 Å². The van der Waals surface area contributed by atoms with E-state index in [1.54, 1.807) is 28.9 Å². The van der Waals surface area contributed by atoms with Crippen LogP contribution in [0.2, 0.25) is 0 Å². The van der Waals surface area contributed by atoms with E-state index < -0.39 is 0 Å². The summed E-state index contributed by atoms with van der Waals surface area (Å²) < 4.78 is 18.9. The number of thiophene rings is 2. The monoisotopic (exact) mass is 697 g/mol. The van der Waals surface area contributed by atoms with E-state index in [-0.39, 0.29) is 0 Å².